The molecule has 0 radical (unpaired) electrons. The molecule has 3 fully saturated rings. The molecule has 2 aromatic carbocycles. The molecule has 57 heavy (non-hydrogen) atoms. The quantitative estimate of drug-likeness (QED) is 0.154. The molecule has 7 rings (SSSR count). The molecule has 304 valence electrons. The molecule has 0 bridgehead atoms. The molecule has 2 aromatic heterocycles. The molecule has 17 heteroatoms. The molecule has 4 aromatic rings. The van der Waals surface area contributed by atoms with Gasteiger partial charge in [-0.25, -0.2) is 18.0 Å². The number of carbonyl (C=O) groups excluding carboxylic acids is 2. The van der Waals surface area contributed by atoms with E-state index in [1.807, 2.05) is 11.0 Å². The zero-order valence-corrected chi connectivity index (χ0v) is 33.9. The van der Waals surface area contributed by atoms with Crippen LogP contribution < -0.4 is 15.0 Å². The number of nitrogens with one attached hydrogen (secondary N) is 1. The summed E-state index contributed by atoms with van der Waals surface area (Å²) in [6.07, 6.45) is 0.578. The predicted octanol–water partition coefficient (Wildman–Crippen LogP) is 8.41. The molecule has 12 nitrogen and oxygen atoms in total. The lowest BCUT2D eigenvalue weighted by Gasteiger charge is -2.33. The van der Waals surface area contributed by atoms with Crippen molar-refractivity contribution in [1.29, 1.82) is 5.26 Å². The van der Waals surface area contributed by atoms with Gasteiger partial charge in [0.25, 0.3) is 0 Å². The number of nitriles is 1. The Balaban J connectivity index is 1.30. The summed E-state index contributed by atoms with van der Waals surface area (Å²) in [6.45, 7) is 8.99. The van der Waals surface area contributed by atoms with Crippen molar-refractivity contribution in [3.63, 3.8) is 0 Å². The van der Waals surface area contributed by atoms with Gasteiger partial charge in [-0.15, -0.1) is 11.3 Å². The fraction of sp³-hybridized carbons (Fsp3) is 0.525. The Hall–Kier alpha value is -4.43. The summed E-state index contributed by atoms with van der Waals surface area (Å²) in [5.74, 6) is -1.91. The first-order chi connectivity index (χ1) is 27.1. The van der Waals surface area contributed by atoms with E-state index in [1.165, 1.54) is 19.2 Å². The summed E-state index contributed by atoms with van der Waals surface area (Å²) in [5.41, 5.74) is -1.66. The molecule has 0 saturated carbocycles. The number of halogens is 4. The lowest BCUT2D eigenvalue weighted by Crippen LogP contribution is -2.43. The third kappa shape index (κ3) is 8.17. The minimum absolute atomic E-state index is 0.000752. The minimum atomic E-state index is -0.989. The highest BCUT2D eigenvalue weighted by Crippen LogP contribution is 2.47. The predicted molar refractivity (Wildman–Crippen MR) is 211 cm³/mol. The molecule has 0 aliphatic carbocycles. The SMILES string of the molecule is COCC(C)OC(=O)C1CCN(c2nc(OC[C@@]34CCCN3C[C@H](F)C4)nc3c(F)c(-c4ccc(F)c5sc(NC(=O)OC(C)(C)C)c(C#N)c45)c(Cl)cc23)CC1. The van der Waals surface area contributed by atoms with Crippen molar-refractivity contribution in [2.75, 3.05) is 56.7 Å². The van der Waals surface area contributed by atoms with E-state index < -0.39 is 41.1 Å². The number of piperidine rings is 1. The van der Waals surface area contributed by atoms with E-state index >= 15 is 8.78 Å². The van der Waals surface area contributed by atoms with Crippen LogP contribution in [0.4, 0.5) is 28.8 Å². The van der Waals surface area contributed by atoms with Crippen LogP contribution in [0, 0.1) is 28.9 Å². The summed E-state index contributed by atoms with van der Waals surface area (Å²) >= 11 is 7.75. The van der Waals surface area contributed by atoms with Gasteiger partial charge >= 0.3 is 18.1 Å². The van der Waals surface area contributed by atoms with E-state index in [4.69, 9.17) is 35.5 Å². The molecule has 3 atom stereocenters. The summed E-state index contributed by atoms with van der Waals surface area (Å²) in [5, 5.41) is 13.1. The largest absolute Gasteiger partial charge is 0.461 e. The number of nitrogens with zero attached hydrogens (tertiary/aromatic N) is 5. The van der Waals surface area contributed by atoms with Crippen LogP contribution in [-0.4, -0.2) is 96.8 Å². The number of amides is 1. The first-order valence-electron chi connectivity index (χ1n) is 18.9. The molecule has 5 heterocycles. The van der Waals surface area contributed by atoms with Gasteiger partial charge in [0.1, 0.15) is 52.7 Å². The van der Waals surface area contributed by atoms with E-state index in [0.29, 0.717) is 44.7 Å². The lowest BCUT2D eigenvalue weighted by molar-refractivity contribution is -0.156. The third-order valence-corrected chi connectivity index (χ3v) is 12.1. The smallest absolute Gasteiger partial charge is 0.412 e. The average Bonchev–Trinajstić information content (AvgIpc) is 3.81. The number of benzene rings is 2. The molecule has 1 unspecified atom stereocenters. The molecule has 0 spiro atoms. The van der Waals surface area contributed by atoms with E-state index in [1.54, 1.807) is 27.7 Å². The topological polar surface area (TPSA) is 139 Å². The number of rotatable bonds is 10. The maximum atomic E-state index is 17.3. The summed E-state index contributed by atoms with van der Waals surface area (Å²) in [6, 6.07) is 5.92. The number of hydrogen-bond donors (Lipinski definition) is 1. The summed E-state index contributed by atoms with van der Waals surface area (Å²) in [7, 11) is 1.54. The van der Waals surface area contributed by atoms with Crippen molar-refractivity contribution in [1.82, 2.24) is 14.9 Å². The van der Waals surface area contributed by atoms with Crippen molar-refractivity contribution in [2.45, 2.75) is 83.2 Å². The van der Waals surface area contributed by atoms with Crippen LogP contribution in [0.15, 0.2) is 18.2 Å². The van der Waals surface area contributed by atoms with Crippen LogP contribution in [0.1, 0.15) is 65.4 Å². The number of aromatic nitrogens is 2. The monoisotopic (exact) mass is 828 g/mol. The minimum Gasteiger partial charge on any atom is -0.461 e. The number of methoxy groups -OCH3 is 1. The second-order valence-corrected chi connectivity index (χ2v) is 17.4. The fourth-order valence-corrected chi connectivity index (χ4v) is 9.58. The number of carbonyl (C=O) groups is 2. The van der Waals surface area contributed by atoms with Crippen LogP contribution in [0.5, 0.6) is 6.01 Å². The summed E-state index contributed by atoms with van der Waals surface area (Å²) in [4.78, 5) is 39.0. The Bertz CT molecular complexity index is 2260. The average molecular weight is 829 g/mol. The van der Waals surface area contributed by atoms with Gasteiger partial charge in [-0.3, -0.25) is 15.0 Å². The second kappa shape index (κ2) is 16.1. The molecular weight excluding hydrogens is 785 g/mol. The van der Waals surface area contributed by atoms with Crippen LogP contribution >= 0.6 is 22.9 Å². The van der Waals surface area contributed by atoms with Crippen molar-refractivity contribution in [2.24, 2.45) is 5.92 Å². The second-order valence-electron chi connectivity index (χ2n) is 15.9. The number of ether oxygens (including phenoxy) is 4. The molecule has 1 N–H and O–H groups in total. The van der Waals surface area contributed by atoms with Crippen molar-refractivity contribution >= 4 is 66.8 Å². The number of alkyl halides is 1. The normalized spacial score (nSPS) is 20.8. The molecule has 3 saturated heterocycles. The Morgan fingerprint density at radius 1 is 1.19 bits per heavy atom. The number of anilines is 2. The van der Waals surface area contributed by atoms with Gasteiger partial charge in [0.2, 0.25) is 0 Å². The number of thiophene rings is 1. The maximum absolute atomic E-state index is 17.3. The Labute approximate surface area is 337 Å². The zero-order chi connectivity index (χ0) is 40.8. The highest BCUT2D eigenvalue weighted by molar-refractivity contribution is 7.23. The molecule has 1 amide bonds. The number of hydrogen-bond acceptors (Lipinski definition) is 12. The fourth-order valence-electron chi connectivity index (χ4n) is 8.22. The van der Waals surface area contributed by atoms with Gasteiger partial charge in [-0.2, -0.15) is 15.2 Å². The van der Waals surface area contributed by atoms with Gasteiger partial charge in [-0.05, 0) is 77.6 Å². The van der Waals surface area contributed by atoms with Crippen molar-refractivity contribution < 1.29 is 41.7 Å². The van der Waals surface area contributed by atoms with Crippen LogP contribution in [-0.2, 0) is 19.0 Å². The van der Waals surface area contributed by atoms with E-state index in [0.717, 1.165) is 36.8 Å². The van der Waals surface area contributed by atoms with Gasteiger partial charge < -0.3 is 23.8 Å². The molecule has 3 aliphatic rings. The van der Waals surface area contributed by atoms with Crippen LogP contribution in [0.25, 0.3) is 32.1 Å². The Kier molecular flexibility index (Phi) is 11.5. The molecule has 3 aliphatic heterocycles. The summed E-state index contributed by atoms with van der Waals surface area (Å²) < 4.78 is 69.7. The number of esters is 1. The van der Waals surface area contributed by atoms with Crippen LogP contribution in [0.2, 0.25) is 5.02 Å². The third-order valence-electron chi connectivity index (χ3n) is 10.7. The van der Waals surface area contributed by atoms with E-state index in [2.05, 4.69) is 15.2 Å². The van der Waals surface area contributed by atoms with Gasteiger partial charge in [0, 0.05) is 49.5 Å². The first-order valence-corrected chi connectivity index (χ1v) is 20.1. The number of fused-ring (bicyclic) bond motifs is 3. The van der Waals surface area contributed by atoms with Crippen molar-refractivity contribution in [3.8, 4) is 23.2 Å². The lowest BCUT2D eigenvalue weighted by atomic mass is 9.95. The first kappa shape index (κ1) is 40.8. The van der Waals surface area contributed by atoms with Gasteiger partial charge in [0.05, 0.1) is 33.3 Å². The highest BCUT2D eigenvalue weighted by atomic mass is 35.5. The zero-order valence-electron chi connectivity index (χ0n) is 32.3. The van der Waals surface area contributed by atoms with E-state index in [-0.39, 0.29) is 78.8 Å². The standard InChI is InChI=1S/C40H44ClF3N6O6S/c1-21(19-53-5)55-36(51)22-9-13-49(14-10-22)34-25-15-27(41)30(31(44)32(25)46-37(47-34)54-20-40-11-6-12-50(40)18-23(42)16-40)24-7-8-28(43)33-29(24)26(17-45)35(57-33)48-38(52)56-39(2,3)4/h7-8,15,21-23H,6,9-14,16,18-20H2,1-5H3,(H,48,52)/t21?,23-,40+/m1/s1. The van der Waals surface area contributed by atoms with Crippen molar-refractivity contribution in [3.05, 3.63) is 40.4 Å². The maximum Gasteiger partial charge on any atom is 0.412 e. The Morgan fingerprint density at radius 3 is 2.65 bits per heavy atom. The van der Waals surface area contributed by atoms with Gasteiger partial charge in [-0.1, -0.05) is 17.7 Å². The van der Waals surface area contributed by atoms with E-state index in [9.17, 15) is 19.2 Å². The van der Waals surface area contributed by atoms with Crippen LogP contribution in [0.3, 0.4) is 0 Å². The van der Waals surface area contributed by atoms with Gasteiger partial charge in [0.15, 0.2) is 5.82 Å². The highest BCUT2D eigenvalue weighted by Gasteiger charge is 2.49. The molecular formula is C40H44ClF3N6O6S. The Morgan fingerprint density at radius 2 is 1.95 bits per heavy atom.